The minimum absolute atomic E-state index is 0.172. The van der Waals surface area contributed by atoms with E-state index in [-0.39, 0.29) is 12.2 Å². The molecule has 31 heavy (non-hydrogen) atoms. The molecule has 1 aliphatic heterocycles. The van der Waals surface area contributed by atoms with Gasteiger partial charge >= 0.3 is 6.09 Å². The van der Waals surface area contributed by atoms with Crippen molar-refractivity contribution in [1.82, 2.24) is 14.5 Å². The molecule has 0 saturated carbocycles. The number of aromatic nitrogens is 2. The van der Waals surface area contributed by atoms with E-state index in [1.165, 1.54) is 0 Å². The van der Waals surface area contributed by atoms with Gasteiger partial charge in [-0.25, -0.2) is 4.79 Å². The van der Waals surface area contributed by atoms with Crippen molar-refractivity contribution in [2.75, 3.05) is 13.1 Å². The van der Waals surface area contributed by atoms with Crippen LogP contribution in [-0.2, 0) is 11.3 Å². The molecule has 1 aromatic heterocycles. The maximum absolute atomic E-state index is 12.4. The van der Waals surface area contributed by atoms with Gasteiger partial charge < -0.3 is 14.4 Å². The van der Waals surface area contributed by atoms with E-state index in [4.69, 9.17) is 9.47 Å². The number of nitriles is 1. The summed E-state index contributed by atoms with van der Waals surface area (Å²) in [5.41, 5.74) is 2.77. The molecule has 7 nitrogen and oxygen atoms in total. The highest BCUT2D eigenvalue weighted by Gasteiger charge is 2.32. The molecule has 2 heterocycles. The monoisotopic (exact) mass is 418 g/mol. The number of ether oxygens (including phenoxy) is 2. The molecule has 1 aliphatic rings. The quantitative estimate of drug-likeness (QED) is 0.629. The molecule has 0 spiro atoms. The largest absolute Gasteiger partial charge is 0.459 e. The second kappa shape index (κ2) is 8.31. The Bertz CT molecular complexity index is 1140. The van der Waals surface area contributed by atoms with Crippen LogP contribution in [0.2, 0.25) is 0 Å². The van der Waals surface area contributed by atoms with Crippen LogP contribution < -0.4 is 4.74 Å². The van der Waals surface area contributed by atoms with Crippen LogP contribution in [0, 0.1) is 11.3 Å². The van der Waals surface area contributed by atoms with Gasteiger partial charge in [0.2, 0.25) is 0 Å². The highest BCUT2D eigenvalue weighted by atomic mass is 16.6. The van der Waals surface area contributed by atoms with Crippen LogP contribution in [0.5, 0.6) is 6.01 Å². The molecule has 0 bridgehead atoms. The Morgan fingerprint density at radius 1 is 1.19 bits per heavy atom. The van der Waals surface area contributed by atoms with Gasteiger partial charge in [0, 0.05) is 13.0 Å². The summed E-state index contributed by atoms with van der Waals surface area (Å²) in [6, 6.07) is 18.1. The number of hydrogen-bond donors (Lipinski definition) is 0. The first-order valence-electron chi connectivity index (χ1n) is 10.4. The molecule has 0 radical (unpaired) electrons. The summed E-state index contributed by atoms with van der Waals surface area (Å²) in [7, 11) is 0. The van der Waals surface area contributed by atoms with E-state index >= 15 is 0 Å². The zero-order valence-corrected chi connectivity index (χ0v) is 18.0. The van der Waals surface area contributed by atoms with Gasteiger partial charge in [-0.15, -0.1) is 0 Å². The number of imidazole rings is 1. The van der Waals surface area contributed by atoms with E-state index in [1.54, 1.807) is 4.90 Å². The lowest BCUT2D eigenvalue weighted by atomic mass is 10.1. The van der Waals surface area contributed by atoms with Gasteiger partial charge in [0.15, 0.2) is 0 Å². The van der Waals surface area contributed by atoms with E-state index in [2.05, 4.69) is 11.1 Å². The van der Waals surface area contributed by atoms with Crippen molar-refractivity contribution in [1.29, 1.82) is 5.26 Å². The second-order valence-corrected chi connectivity index (χ2v) is 8.69. The molecule has 160 valence electrons. The molecule has 1 amide bonds. The Morgan fingerprint density at radius 3 is 2.71 bits per heavy atom. The van der Waals surface area contributed by atoms with Crippen LogP contribution in [0.4, 0.5) is 4.79 Å². The van der Waals surface area contributed by atoms with Gasteiger partial charge in [0.1, 0.15) is 11.7 Å². The fraction of sp³-hybridized carbons (Fsp3) is 0.375. The maximum Gasteiger partial charge on any atom is 0.410 e. The summed E-state index contributed by atoms with van der Waals surface area (Å²) in [4.78, 5) is 18.7. The predicted molar refractivity (Wildman–Crippen MR) is 117 cm³/mol. The van der Waals surface area contributed by atoms with Gasteiger partial charge in [-0.05, 0) is 44.5 Å². The molecular weight excluding hydrogens is 392 g/mol. The number of rotatable bonds is 4. The van der Waals surface area contributed by atoms with Crippen LogP contribution in [0.15, 0.2) is 48.5 Å². The average molecular weight is 418 g/mol. The Labute approximate surface area is 181 Å². The number of amides is 1. The smallest absolute Gasteiger partial charge is 0.410 e. The Kier molecular flexibility index (Phi) is 5.55. The lowest BCUT2D eigenvalue weighted by Gasteiger charge is -2.24. The van der Waals surface area contributed by atoms with Crippen molar-refractivity contribution in [2.45, 2.75) is 45.4 Å². The number of para-hydroxylation sites is 2. The van der Waals surface area contributed by atoms with Crippen molar-refractivity contribution >= 4 is 17.1 Å². The van der Waals surface area contributed by atoms with Crippen LogP contribution >= 0.6 is 0 Å². The predicted octanol–water partition coefficient (Wildman–Crippen LogP) is 4.34. The average Bonchev–Trinajstić information content (AvgIpc) is 3.33. The van der Waals surface area contributed by atoms with E-state index < -0.39 is 5.60 Å². The molecule has 1 atom stereocenters. The summed E-state index contributed by atoms with van der Waals surface area (Å²) in [6.07, 6.45) is 0.210. The first-order chi connectivity index (χ1) is 14.8. The molecule has 3 aromatic rings. The molecule has 2 aromatic carbocycles. The topological polar surface area (TPSA) is 80.4 Å². The molecule has 0 unspecified atom stereocenters. The molecule has 0 N–H and O–H groups in total. The van der Waals surface area contributed by atoms with Crippen molar-refractivity contribution in [3.05, 3.63) is 59.7 Å². The normalized spacial score (nSPS) is 16.3. The molecule has 1 fully saturated rings. The van der Waals surface area contributed by atoms with E-state index in [0.29, 0.717) is 37.6 Å². The highest BCUT2D eigenvalue weighted by molar-refractivity contribution is 5.77. The van der Waals surface area contributed by atoms with Gasteiger partial charge in [-0.2, -0.15) is 10.2 Å². The third-order valence-electron chi connectivity index (χ3n) is 5.15. The number of carbonyl (C=O) groups is 1. The fourth-order valence-corrected chi connectivity index (χ4v) is 3.70. The number of hydrogen-bond acceptors (Lipinski definition) is 5. The van der Waals surface area contributed by atoms with Crippen LogP contribution in [0.1, 0.15) is 38.3 Å². The summed E-state index contributed by atoms with van der Waals surface area (Å²) in [6.45, 7) is 7.08. The Morgan fingerprint density at radius 2 is 1.94 bits per heavy atom. The van der Waals surface area contributed by atoms with E-state index in [9.17, 15) is 10.1 Å². The van der Waals surface area contributed by atoms with Gasteiger partial charge in [-0.1, -0.05) is 30.3 Å². The summed E-state index contributed by atoms with van der Waals surface area (Å²) in [5, 5.41) is 9.47. The Hall–Kier alpha value is -3.53. The molecule has 1 saturated heterocycles. The first-order valence-corrected chi connectivity index (χ1v) is 10.4. The highest BCUT2D eigenvalue weighted by Crippen LogP contribution is 2.26. The lowest BCUT2D eigenvalue weighted by molar-refractivity contribution is 0.0273. The van der Waals surface area contributed by atoms with Crippen LogP contribution in [0.25, 0.3) is 11.0 Å². The minimum Gasteiger partial charge on any atom is -0.459 e. The van der Waals surface area contributed by atoms with Crippen molar-refractivity contribution in [3.8, 4) is 12.1 Å². The lowest BCUT2D eigenvalue weighted by Crippen LogP contribution is -2.36. The van der Waals surface area contributed by atoms with Crippen LogP contribution in [-0.4, -0.2) is 45.3 Å². The van der Waals surface area contributed by atoms with E-state index in [1.807, 2.05) is 73.9 Å². The fourth-order valence-electron chi connectivity index (χ4n) is 3.70. The summed E-state index contributed by atoms with van der Waals surface area (Å²) < 4.78 is 13.7. The third-order valence-corrected chi connectivity index (χ3v) is 5.15. The maximum atomic E-state index is 12.4. The molecular formula is C24H26N4O3. The molecule has 4 rings (SSSR count). The van der Waals surface area contributed by atoms with E-state index in [0.717, 1.165) is 16.6 Å². The van der Waals surface area contributed by atoms with Gasteiger partial charge in [0.05, 0.1) is 35.8 Å². The minimum atomic E-state index is -0.530. The number of benzene rings is 2. The molecule has 7 heteroatoms. The number of fused-ring (bicyclic) bond motifs is 1. The zero-order valence-electron chi connectivity index (χ0n) is 18.0. The van der Waals surface area contributed by atoms with Crippen molar-refractivity contribution in [2.24, 2.45) is 0 Å². The first kappa shape index (κ1) is 20.7. The second-order valence-electron chi connectivity index (χ2n) is 8.69. The number of likely N-dealkylation sites (tertiary alicyclic amines) is 1. The van der Waals surface area contributed by atoms with Crippen LogP contribution in [0.3, 0.4) is 0 Å². The number of carbonyl (C=O) groups excluding carboxylic acids is 1. The summed E-state index contributed by atoms with van der Waals surface area (Å²) in [5.74, 6) is 0. The van der Waals surface area contributed by atoms with Crippen molar-refractivity contribution in [3.63, 3.8) is 0 Å². The zero-order chi connectivity index (χ0) is 22.0. The van der Waals surface area contributed by atoms with Gasteiger partial charge in [-0.3, -0.25) is 4.57 Å². The third kappa shape index (κ3) is 4.64. The standard InChI is InChI=1S/C24H26N4O3/c1-24(2,3)31-23(29)27-13-12-19(16-27)30-22-26-20-10-6-7-11-21(20)28(22)15-18-9-5-4-8-17(18)14-25/h4-11,19H,12-13,15-16H2,1-3H3/t19-/m1/s1. The Balaban J connectivity index is 1.57. The molecule has 0 aliphatic carbocycles. The van der Waals surface area contributed by atoms with Crippen molar-refractivity contribution < 1.29 is 14.3 Å². The summed E-state index contributed by atoms with van der Waals surface area (Å²) >= 11 is 0. The SMILES string of the molecule is CC(C)(C)OC(=O)N1CC[C@@H](Oc2nc3ccccc3n2Cc2ccccc2C#N)C1. The van der Waals surface area contributed by atoms with Gasteiger partial charge in [0.25, 0.3) is 6.01 Å². The number of nitrogens with zero attached hydrogens (tertiary/aromatic N) is 4.